The summed E-state index contributed by atoms with van der Waals surface area (Å²) < 4.78 is 5.21. The van der Waals surface area contributed by atoms with Gasteiger partial charge in [0.25, 0.3) is 5.56 Å². The molecule has 3 rings (SSSR count). The molecule has 1 saturated carbocycles. The number of benzene rings is 1. The number of aryl methyl sites for hydroxylation is 1. The third kappa shape index (κ3) is 4.91. The summed E-state index contributed by atoms with van der Waals surface area (Å²) >= 11 is 1.39. The summed E-state index contributed by atoms with van der Waals surface area (Å²) in [5.41, 5.74) is 2.19. The minimum absolute atomic E-state index is 0.0137. The molecule has 144 valence electrons. The van der Waals surface area contributed by atoms with E-state index in [4.69, 9.17) is 4.74 Å². The Hall–Kier alpha value is -2.28. The number of methoxy groups -OCH3 is 1. The Labute approximate surface area is 163 Å². The van der Waals surface area contributed by atoms with Crippen LogP contribution in [0.15, 0.2) is 34.2 Å². The number of rotatable bonds is 8. The third-order valence-electron chi connectivity index (χ3n) is 4.88. The zero-order valence-electron chi connectivity index (χ0n) is 15.9. The highest BCUT2D eigenvalue weighted by molar-refractivity contribution is 7.98. The number of amides is 1. The van der Waals surface area contributed by atoms with Gasteiger partial charge in [0.1, 0.15) is 5.75 Å². The maximum atomic E-state index is 12.5. The van der Waals surface area contributed by atoms with Crippen LogP contribution in [-0.2, 0) is 11.2 Å². The summed E-state index contributed by atoms with van der Waals surface area (Å²) in [6.07, 6.45) is 4.76. The zero-order chi connectivity index (χ0) is 19.4. The Morgan fingerprint density at radius 1 is 1.37 bits per heavy atom. The fourth-order valence-electron chi connectivity index (χ4n) is 3.17. The van der Waals surface area contributed by atoms with Crippen LogP contribution in [0, 0.1) is 12.8 Å². The number of thioether (sulfide) groups is 1. The second-order valence-electron chi connectivity index (χ2n) is 6.79. The van der Waals surface area contributed by atoms with Crippen molar-refractivity contribution in [2.45, 2.75) is 43.8 Å². The molecule has 1 atom stereocenters. The Balaban J connectivity index is 1.64. The Bertz CT molecular complexity index is 860. The number of H-pyrrole nitrogens is 1. The fourth-order valence-corrected chi connectivity index (χ4v) is 3.60. The first-order valence-electron chi connectivity index (χ1n) is 9.09. The van der Waals surface area contributed by atoms with Gasteiger partial charge in [-0.2, -0.15) is 0 Å². The van der Waals surface area contributed by atoms with Gasteiger partial charge in [-0.3, -0.25) is 9.59 Å². The molecule has 1 aliphatic carbocycles. The van der Waals surface area contributed by atoms with E-state index in [9.17, 15) is 9.59 Å². The topological polar surface area (TPSA) is 84.1 Å². The Kier molecular flexibility index (Phi) is 6.21. The van der Waals surface area contributed by atoms with Gasteiger partial charge in [0.15, 0.2) is 5.16 Å². The lowest BCUT2D eigenvalue weighted by Gasteiger charge is -2.19. The van der Waals surface area contributed by atoms with E-state index in [1.165, 1.54) is 11.8 Å². The fraction of sp³-hybridized carbons (Fsp3) is 0.450. The van der Waals surface area contributed by atoms with Gasteiger partial charge < -0.3 is 15.0 Å². The Morgan fingerprint density at radius 3 is 2.63 bits per heavy atom. The minimum Gasteiger partial charge on any atom is -0.497 e. The summed E-state index contributed by atoms with van der Waals surface area (Å²) in [7, 11) is 1.64. The highest BCUT2D eigenvalue weighted by Crippen LogP contribution is 2.41. The molecule has 1 aromatic carbocycles. The Morgan fingerprint density at radius 2 is 2.07 bits per heavy atom. The number of nitrogens with one attached hydrogen (secondary N) is 2. The number of nitrogens with zero attached hydrogens (tertiary/aromatic N) is 1. The van der Waals surface area contributed by atoms with Gasteiger partial charge in [-0.25, -0.2) is 4.98 Å². The van der Waals surface area contributed by atoms with Crippen molar-refractivity contribution in [1.82, 2.24) is 15.3 Å². The van der Waals surface area contributed by atoms with Crippen LogP contribution in [0.25, 0.3) is 0 Å². The lowest BCUT2D eigenvalue weighted by Crippen LogP contribution is -2.30. The van der Waals surface area contributed by atoms with Crippen molar-refractivity contribution in [3.05, 3.63) is 51.4 Å². The number of hydrogen-bond acceptors (Lipinski definition) is 5. The lowest BCUT2D eigenvalue weighted by atomic mass is 10.0. The van der Waals surface area contributed by atoms with Crippen LogP contribution in [-0.4, -0.2) is 29.2 Å². The molecule has 1 aromatic heterocycles. The smallest absolute Gasteiger partial charge is 0.254 e. The number of hydrogen-bond donors (Lipinski definition) is 2. The van der Waals surface area contributed by atoms with Crippen LogP contribution >= 0.6 is 11.8 Å². The maximum Gasteiger partial charge on any atom is 0.254 e. The predicted octanol–water partition coefficient (Wildman–Crippen LogP) is 3.01. The number of aromatic amines is 1. The predicted molar refractivity (Wildman–Crippen MR) is 106 cm³/mol. The number of ether oxygens (including phenoxy) is 1. The van der Waals surface area contributed by atoms with E-state index in [0.29, 0.717) is 28.8 Å². The highest BCUT2D eigenvalue weighted by atomic mass is 32.2. The second kappa shape index (κ2) is 8.61. The van der Waals surface area contributed by atoms with Gasteiger partial charge in [-0.1, -0.05) is 23.9 Å². The van der Waals surface area contributed by atoms with Crippen LogP contribution in [0.1, 0.15) is 42.1 Å². The summed E-state index contributed by atoms with van der Waals surface area (Å²) in [6.45, 7) is 1.81. The van der Waals surface area contributed by atoms with Crippen LogP contribution in [0.2, 0.25) is 0 Å². The molecule has 7 heteroatoms. The summed E-state index contributed by atoms with van der Waals surface area (Å²) in [5.74, 6) is 1.24. The van der Waals surface area contributed by atoms with Gasteiger partial charge in [0.05, 0.1) is 13.2 Å². The average molecular weight is 388 g/mol. The van der Waals surface area contributed by atoms with E-state index in [-0.39, 0.29) is 23.9 Å². The SMILES string of the molecule is COc1ccc(C(NC(=O)CCc2c(C)nc(SC)[nH]c2=O)C2CC2)cc1. The normalized spacial score (nSPS) is 14.6. The number of carbonyl (C=O) groups is 1. The van der Waals surface area contributed by atoms with Crippen molar-refractivity contribution in [3.8, 4) is 5.75 Å². The van der Waals surface area contributed by atoms with E-state index >= 15 is 0 Å². The van der Waals surface area contributed by atoms with Gasteiger partial charge in [0.2, 0.25) is 5.91 Å². The van der Waals surface area contributed by atoms with Crippen molar-refractivity contribution >= 4 is 17.7 Å². The maximum absolute atomic E-state index is 12.5. The molecule has 0 spiro atoms. The molecule has 0 radical (unpaired) electrons. The molecule has 2 N–H and O–H groups in total. The van der Waals surface area contributed by atoms with Crippen molar-refractivity contribution in [2.24, 2.45) is 5.92 Å². The van der Waals surface area contributed by atoms with E-state index in [1.807, 2.05) is 37.4 Å². The van der Waals surface area contributed by atoms with Gasteiger partial charge in [-0.15, -0.1) is 0 Å². The lowest BCUT2D eigenvalue weighted by molar-refractivity contribution is -0.122. The van der Waals surface area contributed by atoms with E-state index in [2.05, 4.69) is 15.3 Å². The second-order valence-corrected chi connectivity index (χ2v) is 7.59. The quantitative estimate of drug-likeness (QED) is 0.537. The molecular weight excluding hydrogens is 362 g/mol. The van der Waals surface area contributed by atoms with Gasteiger partial charge >= 0.3 is 0 Å². The first-order chi connectivity index (χ1) is 13.0. The molecule has 2 aromatic rings. The molecule has 1 fully saturated rings. The highest BCUT2D eigenvalue weighted by Gasteiger charge is 2.33. The molecule has 1 unspecified atom stereocenters. The summed E-state index contributed by atoms with van der Waals surface area (Å²) in [6, 6.07) is 7.85. The molecule has 1 aliphatic rings. The summed E-state index contributed by atoms with van der Waals surface area (Å²) in [4.78, 5) is 31.8. The molecular formula is C20H25N3O3S. The first kappa shape index (κ1) is 19.5. The third-order valence-corrected chi connectivity index (χ3v) is 5.46. The van der Waals surface area contributed by atoms with Gasteiger partial charge in [0, 0.05) is 17.7 Å². The van der Waals surface area contributed by atoms with Crippen LogP contribution < -0.4 is 15.6 Å². The molecule has 27 heavy (non-hydrogen) atoms. The monoisotopic (exact) mass is 387 g/mol. The molecule has 1 heterocycles. The van der Waals surface area contributed by atoms with Gasteiger partial charge in [-0.05, 0) is 56.1 Å². The number of aromatic nitrogens is 2. The van der Waals surface area contributed by atoms with E-state index < -0.39 is 0 Å². The molecule has 6 nitrogen and oxygen atoms in total. The largest absolute Gasteiger partial charge is 0.497 e. The molecule has 1 amide bonds. The molecule has 0 aliphatic heterocycles. The van der Waals surface area contributed by atoms with Crippen LogP contribution in [0.4, 0.5) is 0 Å². The summed E-state index contributed by atoms with van der Waals surface area (Å²) in [5, 5.41) is 3.74. The van der Waals surface area contributed by atoms with Crippen LogP contribution in [0.3, 0.4) is 0 Å². The standard InChI is InChI=1S/C20H25N3O3S/c1-12-16(19(25)23-20(21-12)27-3)10-11-17(24)22-18(13-4-5-13)14-6-8-15(26-2)9-7-14/h6-9,13,18H,4-5,10-11H2,1-3H3,(H,22,24)(H,21,23,25). The molecule has 0 saturated heterocycles. The minimum atomic E-state index is -0.159. The van der Waals surface area contributed by atoms with E-state index in [0.717, 1.165) is 24.2 Å². The van der Waals surface area contributed by atoms with E-state index in [1.54, 1.807) is 7.11 Å². The zero-order valence-corrected chi connectivity index (χ0v) is 16.7. The van der Waals surface area contributed by atoms with Crippen molar-refractivity contribution < 1.29 is 9.53 Å². The molecule has 0 bridgehead atoms. The van der Waals surface area contributed by atoms with Crippen molar-refractivity contribution in [2.75, 3.05) is 13.4 Å². The van der Waals surface area contributed by atoms with Crippen molar-refractivity contribution in [1.29, 1.82) is 0 Å². The average Bonchev–Trinajstić information content (AvgIpc) is 3.50. The van der Waals surface area contributed by atoms with Crippen LogP contribution in [0.5, 0.6) is 5.75 Å². The van der Waals surface area contributed by atoms with Crippen molar-refractivity contribution in [3.63, 3.8) is 0 Å². The number of carbonyl (C=O) groups excluding carboxylic acids is 1. The first-order valence-corrected chi connectivity index (χ1v) is 10.3.